The van der Waals surface area contributed by atoms with Gasteiger partial charge in [-0.25, -0.2) is 0 Å². The van der Waals surface area contributed by atoms with Crippen LogP contribution in [0, 0.1) is 5.41 Å². The van der Waals surface area contributed by atoms with Crippen LogP contribution in [-0.4, -0.2) is 28.1 Å². The molecule has 6 nitrogen and oxygen atoms in total. The van der Waals surface area contributed by atoms with Crippen LogP contribution in [0.3, 0.4) is 0 Å². The number of aliphatic imine (C=N–C) groups is 1. The van der Waals surface area contributed by atoms with Crippen molar-refractivity contribution < 1.29 is 4.74 Å². The summed E-state index contributed by atoms with van der Waals surface area (Å²) in [5.74, 6) is 0.297. The van der Waals surface area contributed by atoms with Gasteiger partial charge in [-0.1, -0.05) is 6.92 Å². The second-order valence-electron chi connectivity index (χ2n) is 2.76. The Morgan fingerprint density at radius 1 is 1.67 bits per heavy atom. The summed E-state index contributed by atoms with van der Waals surface area (Å²) in [6.45, 7) is 5.06. The topological polar surface area (TPSA) is 89.3 Å². The maximum Gasteiger partial charge on any atom is 0.293 e. The fourth-order valence-electron chi connectivity index (χ4n) is 0.902. The minimum absolute atomic E-state index is 0.0563. The summed E-state index contributed by atoms with van der Waals surface area (Å²) < 4.78 is 6.62. The third-order valence-electron chi connectivity index (χ3n) is 1.53. The molecule has 0 saturated carbocycles. The molecule has 0 spiro atoms. The van der Waals surface area contributed by atoms with Crippen LogP contribution in [0.15, 0.2) is 4.99 Å². The summed E-state index contributed by atoms with van der Waals surface area (Å²) >= 11 is 1.18. The van der Waals surface area contributed by atoms with Gasteiger partial charge >= 0.3 is 0 Å². The highest BCUT2D eigenvalue weighted by Crippen LogP contribution is 2.10. The third-order valence-corrected chi connectivity index (χ3v) is 2.44. The van der Waals surface area contributed by atoms with E-state index in [2.05, 4.69) is 9.98 Å². The molecule has 15 heavy (non-hydrogen) atoms. The average Bonchev–Trinajstić information content (AvgIpc) is 2.57. The minimum Gasteiger partial charge on any atom is -0.469 e. The molecule has 1 aromatic rings. The summed E-state index contributed by atoms with van der Waals surface area (Å²) in [6.07, 6.45) is 0.922. The van der Waals surface area contributed by atoms with E-state index in [0.717, 1.165) is 6.42 Å². The second kappa shape index (κ2) is 5.50. The largest absolute Gasteiger partial charge is 0.469 e. The van der Waals surface area contributed by atoms with Gasteiger partial charge in [-0.05, 0) is 13.3 Å². The molecule has 3 N–H and O–H groups in total. The van der Waals surface area contributed by atoms with E-state index >= 15 is 0 Å². The third kappa shape index (κ3) is 3.05. The van der Waals surface area contributed by atoms with Crippen LogP contribution in [0.1, 0.15) is 20.3 Å². The molecule has 84 valence electrons. The van der Waals surface area contributed by atoms with Crippen molar-refractivity contribution in [3.05, 3.63) is 5.62 Å². The van der Waals surface area contributed by atoms with Crippen LogP contribution in [0.5, 0.6) is 5.19 Å². The van der Waals surface area contributed by atoms with Crippen LogP contribution in [0.4, 0.5) is 0 Å². The molecule has 1 heterocycles. The number of nitrogens with two attached hydrogens (primary N) is 1. The Balaban J connectivity index is 2.89. The summed E-state index contributed by atoms with van der Waals surface area (Å²) in [7, 11) is 0. The molecular formula is C8H15N5OS. The van der Waals surface area contributed by atoms with Gasteiger partial charge in [0.05, 0.1) is 6.61 Å². The Morgan fingerprint density at radius 2 is 2.40 bits per heavy atom. The number of aromatic nitrogens is 2. The van der Waals surface area contributed by atoms with Crippen molar-refractivity contribution in [1.82, 2.24) is 8.94 Å². The predicted octanol–water partition coefficient (Wildman–Crippen LogP) is 0.396. The first kappa shape index (κ1) is 11.7. The van der Waals surface area contributed by atoms with E-state index in [1.54, 1.807) is 0 Å². The molecule has 0 amide bonds. The zero-order valence-electron chi connectivity index (χ0n) is 8.86. The molecule has 0 aromatic carbocycles. The van der Waals surface area contributed by atoms with Crippen molar-refractivity contribution in [2.24, 2.45) is 10.7 Å². The monoisotopic (exact) mass is 229 g/mol. The van der Waals surface area contributed by atoms with Gasteiger partial charge in [-0.2, -0.15) is 8.94 Å². The maximum absolute atomic E-state index is 7.56. The lowest BCUT2D eigenvalue weighted by Gasteiger charge is -1.98. The number of nitrogens with zero attached hydrogens (tertiary/aromatic N) is 3. The van der Waals surface area contributed by atoms with E-state index in [9.17, 15) is 0 Å². The Labute approximate surface area is 92.1 Å². The lowest BCUT2D eigenvalue weighted by atomic mass is 10.5. The van der Waals surface area contributed by atoms with Gasteiger partial charge in [-0.15, -0.1) is 0 Å². The minimum atomic E-state index is 0.0563. The zero-order chi connectivity index (χ0) is 11.3. The molecule has 0 bridgehead atoms. The highest BCUT2D eigenvalue weighted by molar-refractivity contribution is 7.09. The average molecular weight is 229 g/mol. The van der Waals surface area contributed by atoms with Gasteiger partial charge in [-0.3, -0.25) is 10.4 Å². The molecule has 1 aromatic heterocycles. The van der Waals surface area contributed by atoms with Gasteiger partial charge in [0.1, 0.15) is 0 Å². The van der Waals surface area contributed by atoms with Crippen LogP contribution < -0.4 is 16.1 Å². The Morgan fingerprint density at radius 3 is 3.00 bits per heavy atom. The van der Waals surface area contributed by atoms with Crippen LogP contribution in [0.25, 0.3) is 0 Å². The van der Waals surface area contributed by atoms with Crippen molar-refractivity contribution in [2.75, 3.05) is 13.2 Å². The van der Waals surface area contributed by atoms with E-state index in [1.165, 1.54) is 15.5 Å². The molecule has 0 fully saturated rings. The summed E-state index contributed by atoms with van der Waals surface area (Å²) in [5.41, 5.74) is 5.76. The van der Waals surface area contributed by atoms with Crippen molar-refractivity contribution in [1.29, 1.82) is 5.41 Å². The van der Waals surface area contributed by atoms with Crippen molar-refractivity contribution >= 4 is 17.5 Å². The first-order valence-electron chi connectivity index (χ1n) is 4.77. The van der Waals surface area contributed by atoms with Crippen LogP contribution >= 0.6 is 11.5 Å². The zero-order valence-corrected chi connectivity index (χ0v) is 9.67. The molecule has 0 atom stereocenters. The van der Waals surface area contributed by atoms with E-state index < -0.39 is 0 Å². The molecule has 0 aliphatic rings. The van der Waals surface area contributed by atoms with Crippen molar-refractivity contribution in [3.8, 4) is 5.19 Å². The summed E-state index contributed by atoms with van der Waals surface area (Å²) in [5, 5.41) is 8.00. The summed E-state index contributed by atoms with van der Waals surface area (Å²) in [4.78, 5) is 7.99. The van der Waals surface area contributed by atoms with E-state index in [0.29, 0.717) is 24.3 Å². The SMILES string of the molecule is CCCN=C(N)n1sc(OCC)nc1=N. The van der Waals surface area contributed by atoms with E-state index in [4.69, 9.17) is 15.9 Å². The van der Waals surface area contributed by atoms with Gasteiger partial charge in [0.2, 0.25) is 11.6 Å². The number of nitrogens with one attached hydrogen (secondary N) is 1. The highest BCUT2D eigenvalue weighted by atomic mass is 32.1. The molecule has 1 rings (SSSR count). The lowest BCUT2D eigenvalue weighted by molar-refractivity contribution is 0.337. The first-order valence-corrected chi connectivity index (χ1v) is 5.54. The fourth-order valence-corrected chi connectivity index (χ4v) is 1.63. The smallest absolute Gasteiger partial charge is 0.293 e. The standard InChI is InChI=1S/C8H15N5OS/c1-3-5-11-6(9)13-7(10)12-8(15-13)14-4-2/h10H,3-5H2,1-2H3,(H2,9,11). The maximum atomic E-state index is 7.56. The van der Waals surface area contributed by atoms with Gasteiger partial charge in [0.25, 0.3) is 5.19 Å². The Hall–Kier alpha value is -1.37. The second-order valence-corrected chi connectivity index (χ2v) is 3.66. The van der Waals surface area contributed by atoms with E-state index in [1.807, 2.05) is 13.8 Å². The molecule has 0 aliphatic heterocycles. The molecule has 0 unspecified atom stereocenters. The van der Waals surface area contributed by atoms with Crippen LogP contribution in [0.2, 0.25) is 0 Å². The predicted molar refractivity (Wildman–Crippen MR) is 59.3 cm³/mol. The highest BCUT2D eigenvalue weighted by Gasteiger charge is 2.06. The quantitative estimate of drug-likeness (QED) is 0.578. The lowest BCUT2D eigenvalue weighted by Crippen LogP contribution is -2.30. The van der Waals surface area contributed by atoms with E-state index in [-0.39, 0.29) is 5.62 Å². The van der Waals surface area contributed by atoms with Gasteiger partial charge < -0.3 is 10.5 Å². The first-order chi connectivity index (χ1) is 7.19. The molecule has 0 saturated heterocycles. The molecule has 0 radical (unpaired) electrons. The van der Waals surface area contributed by atoms with Crippen molar-refractivity contribution in [2.45, 2.75) is 20.3 Å². The molecule has 7 heteroatoms. The Bertz CT molecular complexity index is 394. The number of hydrogen-bond acceptors (Lipinski definition) is 5. The van der Waals surface area contributed by atoms with Gasteiger partial charge in [0.15, 0.2) is 0 Å². The fraction of sp³-hybridized carbons (Fsp3) is 0.625. The number of ether oxygens (including phenoxy) is 1. The Kier molecular flexibility index (Phi) is 4.29. The molecular weight excluding hydrogens is 214 g/mol. The van der Waals surface area contributed by atoms with Crippen LogP contribution in [-0.2, 0) is 0 Å². The van der Waals surface area contributed by atoms with Gasteiger partial charge in [0, 0.05) is 18.1 Å². The normalized spacial score (nSPS) is 11.7. The number of rotatable bonds is 4. The summed E-state index contributed by atoms with van der Waals surface area (Å²) in [6, 6.07) is 0. The number of hydrogen-bond donors (Lipinski definition) is 2. The molecule has 0 aliphatic carbocycles. The van der Waals surface area contributed by atoms with Crippen molar-refractivity contribution in [3.63, 3.8) is 0 Å².